The van der Waals surface area contributed by atoms with Crippen LogP contribution in [0.5, 0.6) is 0 Å². The summed E-state index contributed by atoms with van der Waals surface area (Å²) in [6, 6.07) is 0. The summed E-state index contributed by atoms with van der Waals surface area (Å²) in [7, 11) is 3.23. The van der Waals surface area contributed by atoms with Crippen molar-refractivity contribution in [2.45, 2.75) is 26.2 Å². The second-order valence-corrected chi connectivity index (χ2v) is 7.73. The zero-order valence-electron chi connectivity index (χ0n) is 15.8. The van der Waals surface area contributed by atoms with Gasteiger partial charge in [0, 0.05) is 32.2 Å². The fraction of sp³-hybridized carbons (Fsp3) is 0.556. The van der Waals surface area contributed by atoms with Crippen LogP contribution in [0.25, 0.3) is 15.9 Å². The van der Waals surface area contributed by atoms with E-state index in [-0.39, 0.29) is 11.7 Å². The molecule has 0 saturated heterocycles. The van der Waals surface area contributed by atoms with Crippen molar-refractivity contribution >= 4 is 33.1 Å². The number of ether oxygens (including phenoxy) is 2. The van der Waals surface area contributed by atoms with E-state index in [9.17, 15) is 4.79 Å². The Morgan fingerprint density at radius 3 is 2.63 bits per heavy atom. The average molecular weight is 389 g/mol. The molecule has 0 fully saturated rings. The van der Waals surface area contributed by atoms with Gasteiger partial charge in [-0.3, -0.25) is 4.79 Å². The molecule has 0 saturated carbocycles. The van der Waals surface area contributed by atoms with Crippen molar-refractivity contribution in [3.63, 3.8) is 0 Å². The Morgan fingerprint density at radius 2 is 1.93 bits per heavy atom. The fourth-order valence-electron chi connectivity index (χ4n) is 3.54. The van der Waals surface area contributed by atoms with Gasteiger partial charge in [-0.15, -0.1) is 16.4 Å². The summed E-state index contributed by atoms with van der Waals surface area (Å²) in [4.78, 5) is 26.4. The van der Waals surface area contributed by atoms with Gasteiger partial charge in [-0.2, -0.15) is 4.52 Å². The standard InChI is InChI=1S/C18H23N5O3S/c1-11-19-17-14(12-5-4-6-13(12)27-17)16-20-15(21-23(11)16)18(24)22(7-9-25-2)8-10-26-3/h4-10H2,1-3H3. The lowest BCUT2D eigenvalue weighted by Gasteiger charge is -2.20. The van der Waals surface area contributed by atoms with E-state index >= 15 is 0 Å². The van der Waals surface area contributed by atoms with Crippen molar-refractivity contribution in [2.75, 3.05) is 40.5 Å². The molecular weight excluding hydrogens is 366 g/mol. The Bertz CT molecular complexity index is 988. The summed E-state index contributed by atoms with van der Waals surface area (Å²) in [6.07, 6.45) is 3.31. The number of carbonyl (C=O) groups excluding carboxylic acids is 1. The van der Waals surface area contributed by atoms with Crippen molar-refractivity contribution in [3.8, 4) is 0 Å². The lowest BCUT2D eigenvalue weighted by atomic mass is 10.2. The summed E-state index contributed by atoms with van der Waals surface area (Å²) >= 11 is 1.74. The number of hydrogen-bond donors (Lipinski definition) is 0. The van der Waals surface area contributed by atoms with Crippen LogP contribution in [0.2, 0.25) is 0 Å². The Kier molecular flexibility index (Phi) is 5.07. The van der Waals surface area contributed by atoms with Crippen LogP contribution in [-0.4, -0.2) is 70.9 Å². The van der Waals surface area contributed by atoms with Crippen LogP contribution < -0.4 is 0 Å². The van der Waals surface area contributed by atoms with E-state index in [0.717, 1.165) is 34.5 Å². The van der Waals surface area contributed by atoms with Gasteiger partial charge in [-0.05, 0) is 31.7 Å². The highest BCUT2D eigenvalue weighted by Crippen LogP contribution is 2.38. The molecule has 0 aliphatic heterocycles. The van der Waals surface area contributed by atoms with Crippen LogP contribution in [0, 0.1) is 6.92 Å². The first-order chi connectivity index (χ1) is 13.1. The third-order valence-corrected chi connectivity index (χ3v) is 6.10. The predicted molar refractivity (Wildman–Crippen MR) is 103 cm³/mol. The lowest BCUT2D eigenvalue weighted by molar-refractivity contribution is 0.0616. The lowest BCUT2D eigenvalue weighted by Crippen LogP contribution is -2.37. The van der Waals surface area contributed by atoms with Gasteiger partial charge in [0.2, 0.25) is 5.82 Å². The van der Waals surface area contributed by atoms with Gasteiger partial charge in [0.15, 0.2) is 5.65 Å². The van der Waals surface area contributed by atoms with Gasteiger partial charge in [-0.1, -0.05) is 0 Å². The maximum absolute atomic E-state index is 13.0. The Hall–Kier alpha value is -2.10. The summed E-state index contributed by atoms with van der Waals surface area (Å²) in [5.74, 6) is 0.717. The number of rotatable bonds is 7. The molecule has 9 heteroatoms. The Morgan fingerprint density at radius 1 is 1.19 bits per heavy atom. The molecule has 27 heavy (non-hydrogen) atoms. The smallest absolute Gasteiger partial charge is 0.293 e. The summed E-state index contributed by atoms with van der Waals surface area (Å²) in [5.41, 5.74) is 2.06. The average Bonchev–Trinajstić information content (AvgIpc) is 3.35. The van der Waals surface area contributed by atoms with Crippen molar-refractivity contribution in [3.05, 3.63) is 22.1 Å². The zero-order chi connectivity index (χ0) is 19.0. The third kappa shape index (κ3) is 3.19. The molecule has 0 N–H and O–H groups in total. The molecule has 1 aliphatic carbocycles. The number of aromatic nitrogens is 4. The van der Waals surface area contributed by atoms with E-state index in [0.29, 0.717) is 26.3 Å². The van der Waals surface area contributed by atoms with Gasteiger partial charge in [0.25, 0.3) is 5.91 Å². The molecule has 0 radical (unpaired) electrons. The number of nitrogens with zero attached hydrogens (tertiary/aromatic N) is 5. The van der Waals surface area contributed by atoms with E-state index < -0.39 is 0 Å². The van der Waals surface area contributed by atoms with Gasteiger partial charge in [0.05, 0.1) is 18.6 Å². The normalized spacial score (nSPS) is 13.6. The van der Waals surface area contributed by atoms with E-state index in [1.807, 2.05) is 6.92 Å². The number of aryl methyl sites for hydroxylation is 3. The molecule has 144 valence electrons. The SMILES string of the molecule is COCCN(CCOC)C(=O)c1nc2c3c4c(sc3nc(C)n2n1)CCC4. The first kappa shape index (κ1) is 18.3. The quantitative estimate of drug-likeness (QED) is 0.614. The van der Waals surface area contributed by atoms with E-state index in [4.69, 9.17) is 14.5 Å². The number of amides is 1. The van der Waals surface area contributed by atoms with Crippen molar-refractivity contribution in [1.29, 1.82) is 0 Å². The van der Waals surface area contributed by atoms with E-state index in [1.165, 1.54) is 16.9 Å². The van der Waals surface area contributed by atoms with Crippen molar-refractivity contribution < 1.29 is 14.3 Å². The molecule has 0 bridgehead atoms. The number of carbonyl (C=O) groups is 1. The molecule has 1 amide bonds. The largest absolute Gasteiger partial charge is 0.383 e. The molecule has 3 heterocycles. The van der Waals surface area contributed by atoms with Gasteiger partial charge in [0.1, 0.15) is 10.7 Å². The minimum Gasteiger partial charge on any atom is -0.383 e. The highest BCUT2D eigenvalue weighted by Gasteiger charge is 2.26. The Balaban J connectivity index is 1.76. The maximum Gasteiger partial charge on any atom is 0.293 e. The molecule has 3 aromatic heterocycles. The van der Waals surface area contributed by atoms with Crippen LogP contribution in [-0.2, 0) is 22.3 Å². The van der Waals surface area contributed by atoms with E-state index in [2.05, 4.69) is 10.1 Å². The van der Waals surface area contributed by atoms with Crippen LogP contribution in [0.3, 0.4) is 0 Å². The summed E-state index contributed by atoms with van der Waals surface area (Å²) in [5, 5.41) is 5.54. The molecule has 0 aromatic carbocycles. The first-order valence-electron chi connectivity index (χ1n) is 9.08. The minimum absolute atomic E-state index is 0.192. The molecule has 0 spiro atoms. The minimum atomic E-state index is -0.216. The number of fused-ring (bicyclic) bond motifs is 5. The van der Waals surface area contributed by atoms with Gasteiger partial charge < -0.3 is 14.4 Å². The highest BCUT2D eigenvalue weighted by atomic mass is 32.1. The van der Waals surface area contributed by atoms with Crippen molar-refractivity contribution in [2.24, 2.45) is 0 Å². The molecule has 0 unspecified atom stereocenters. The fourth-order valence-corrected chi connectivity index (χ4v) is 4.84. The molecule has 8 nitrogen and oxygen atoms in total. The molecule has 1 aliphatic rings. The van der Waals surface area contributed by atoms with Crippen molar-refractivity contribution in [1.82, 2.24) is 24.5 Å². The Labute approximate surface area is 161 Å². The number of methoxy groups -OCH3 is 2. The second-order valence-electron chi connectivity index (χ2n) is 6.65. The molecule has 3 aromatic rings. The van der Waals surface area contributed by atoms with Crippen LogP contribution >= 0.6 is 11.3 Å². The topological polar surface area (TPSA) is 81.9 Å². The first-order valence-corrected chi connectivity index (χ1v) is 9.90. The molecule has 4 rings (SSSR count). The van der Waals surface area contributed by atoms with Crippen LogP contribution in [0.1, 0.15) is 33.3 Å². The predicted octanol–water partition coefficient (Wildman–Crippen LogP) is 1.87. The van der Waals surface area contributed by atoms with Crippen LogP contribution in [0.4, 0.5) is 0 Å². The van der Waals surface area contributed by atoms with E-state index in [1.54, 1.807) is 35.0 Å². The zero-order valence-corrected chi connectivity index (χ0v) is 16.6. The molecule has 0 atom stereocenters. The molecular formula is C18H23N5O3S. The van der Waals surface area contributed by atoms with Gasteiger partial charge in [-0.25, -0.2) is 9.97 Å². The third-order valence-electron chi connectivity index (χ3n) is 4.91. The number of hydrogen-bond acceptors (Lipinski definition) is 7. The number of thiophene rings is 1. The van der Waals surface area contributed by atoms with Gasteiger partial charge >= 0.3 is 0 Å². The summed E-state index contributed by atoms with van der Waals surface area (Å²) < 4.78 is 11.9. The maximum atomic E-state index is 13.0. The summed E-state index contributed by atoms with van der Waals surface area (Å²) in [6.45, 7) is 3.73. The highest BCUT2D eigenvalue weighted by molar-refractivity contribution is 7.19. The second kappa shape index (κ2) is 7.49. The monoisotopic (exact) mass is 389 g/mol. The van der Waals surface area contributed by atoms with Crippen LogP contribution in [0.15, 0.2) is 0 Å².